The Hall–Kier alpha value is -2.44. The zero-order valence-electron chi connectivity index (χ0n) is 10.6. The van der Waals surface area contributed by atoms with Gasteiger partial charge in [0.15, 0.2) is 5.82 Å². The maximum absolute atomic E-state index is 13.0. The molecular weight excluding hydrogens is 268 g/mol. The number of ether oxygens (including phenoxy) is 1. The smallest absolute Gasteiger partial charge is 0.341 e. The molecule has 0 spiro atoms. The summed E-state index contributed by atoms with van der Waals surface area (Å²) in [6, 6.07) is 3.18. The number of halogens is 2. The number of hydrogen-bond donors (Lipinski definition) is 0. The average Bonchev–Trinajstić information content (AvgIpc) is 2.47. The largest absolute Gasteiger partial charge is 0.462 e. The highest BCUT2D eigenvalue weighted by molar-refractivity contribution is 5.90. The van der Waals surface area contributed by atoms with Crippen LogP contribution in [0.2, 0.25) is 0 Å². The van der Waals surface area contributed by atoms with Gasteiger partial charge in [0, 0.05) is 24.2 Å². The van der Waals surface area contributed by atoms with Crippen molar-refractivity contribution < 1.29 is 18.3 Å². The molecule has 0 radical (unpaired) electrons. The lowest BCUT2D eigenvalue weighted by Gasteiger charge is -2.08. The van der Waals surface area contributed by atoms with Crippen molar-refractivity contribution in [2.45, 2.75) is 13.3 Å². The van der Waals surface area contributed by atoms with Gasteiger partial charge in [-0.2, -0.15) is 0 Å². The van der Waals surface area contributed by atoms with E-state index in [1.54, 1.807) is 19.1 Å². The number of alkyl halides is 2. The van der Waals surface area contributed by atoms with Gasteiger partial charge in [-0.15, -0.1) is 0 Å². The van der Waals surface area contributed by atoms with Gasteiger partial charge in [-0.25, -0.2) is 23.5 Å². The molecule has 0 aliphatic carbocycles. The number of aromatic nitrogens is 3. The molecule has 0 fully saturated rings. The van der Waals surface area contributed by atoms with Crippen LogP contribution in [0.5, 0.6) is 0 Å². The summed E-state index contributed by atoms with van der Waals surface area (Å²) in [6.07, 6.45) is 1.17. The Morgan fingerprint density at radius 1 is 1.35 bits per heavy atom. The van der Waals surface area contributed by atoms with Gasteiger partial charge in [-0.3, -0.25) is 4.98 Å². The summed E-state index contributed by atoms with van der Waals surface area (Å²) in [7, 11) is 0. The van der Waals surface area contributed by atoms with Crippen LogP contribution in [0.4, 0.5) is 8.78 Å². The molecule has 0 atom stereocenters. The standard InChI is InChI=1S/C13H11F2N3O2/c1-2-20-13(19)9-7-17-12(18-10(9)11(14)15)8-3-5-16-6-4-8/h3-7,11H,2H2,1H3. The molecule has 0 amide bonds. The molecule has 0 bridgehead atoms. The van der Waals surface area contributed by atoms with Crippen LogP contribution in [0.25, 0.3) is 11.4 Å². The first-order chi connectivity index (χ1) is 9.63. The Bertz CT molecular complexity index is 606. The van der Waals surface area contributed by atoms with Crippen LogP contribution in [0.3, 0.4) is 0 Å². The van der Waals surface area contributed by atoms with Gasteiger partial charge in [0.2, 0.25) is 0 Å². The lowest BCUT2D eigenvalue weighted by atomic mass is 10.2. The summed E-state index contributed by atoms with van der Waals surface area (Å²) in [5.41, 5.74) is -0.415. The van der Waals surface area contributed by atoms with Crippen molar-refractivity contribution >= 4 is 5.97 Å². The molecule has 2 rings (SSSR count). The second-order valence-corrected chi connectivity index (χ2v) is 3.75. The van der Waals surface area contributed by atoms with E-state index in [4.69, 9.17) is 4.74 Å². The predicted molar refractivity (Wildman–Crippen MR) is 66.2 cm³/mol. The minimum atomic E-state index is -2.89. The molecule has 0 aromatic carbocycles. The lowest BCUT2D eigenvalue weighted by Crippen LogP contribution is -2.11. The summed E-state index contributed by atoms with van der Waals surface area (Å²) >= 11 is 0. The topological polar surface area (TPSA) is 65.0 Å². The number of nitrogens with zero attached hydrogens (tertiary/aromatic N) is 3. The Labute approximate surface area is 113 Å². The van der Waals surface area contributed by atoms with Gasteiger partial charge in [0.05, 0.1) is 6.61 Å². The Kier molecular flexibility index (Phi) is 4.29. The Balaban J connectivity index is 2.45. The number of hydrogen-bond acceptors (Lipinski definition) is 5. The fourth-order valence-electron chi connectivity index (χ4n) is 1.57. The molecule has 2 aromatic heterocycles. The number of carbonyl (C=O) groups is 1. The number of pyridine rings is 1. The van der Waals surface area contributed by atoms with E-state index < -0.39 is 18.1 Å². The highest BCUT2D eigenvalue weighted by atomic mass is 19.3. The number of rotatable bonds is 4. The minimum absolute atomic E-state index is 0.0909. The van der Waals surface area contributed by atoms with Crippen molar-refractivity contribution in [1.82, 2.24) is 15.0 Å². The monoisotopic (exact) mass is 279 g/mol. The van der Waals surface area contributed by atoms with Gasteiger partial charge >= 0.3 is 5.97 Å². The maximum Gasteiger partial charge on any atom is 0.341 e. The molecule has 0 aliphatic rings. The molecule has 0 N–H and O–H groups in total. The van der Waals surface area contributed by atoms with Gasteiger partial charge in [-0.05, 0) is 19.1 Å². The molecule has 20 heavy (non-hydrogen) atoms. The molecular formula is C13H11F2N3O2. The van der Waals surface area contributed by atoms with Crippen molar-refractivity contribution in [3.05, 3.63) is 42.0 Å². The van der Waals surface area contributed by atoms with Crippen LogP contribution in [-0.4, -0.2) is 27.5 Å². The fourth-order valence-corrected chi connectivity index (χ4v) is 1.57. The molecule has 104 valence electrons. The van der Waals surface area contributed by atoms with E-state index in [-0.39, 0.29) is 18.0 Å². The summed E-state index contributed by atoms with van der Waals surface area (Å²) in [5.74, 6) is -0.750. The normalized spacial score (nSPS) is 10.6. The average molecular weight is 279 g/mol. The number of carbonyl (C=O) groups excluding carboxylic acids is 1. The Morgan fingerprint density at radius 2 is 2.05 bits per heavy atom. The summed E-state index contributed by atoms with van der Waals surface area (Å²) < 4.78 is 30.7. The highest BCUT2D eigenvalue weighted by Crippen LogP contribution is 2.24. The summed E-state index contributed by atoms with van der Waals surface area (Å²) in [6.45, 7) is 1.68. The van der Waals surface area contributed by atoms with Crippen LogP contribution in [0, 0.1) is 0 Å². The van der Waals surface area contributed by atoms with E-state index in [2.05, 4.69) is 15.0 Å². The van der Waals surface area contributed by atoms with E-state index in [1.165, 1.54) is 12.4 Å². The van der Waals surface area contributed by atoms with Crippen LogP contribution < -0.4 is 0 Å². The first-order valence-electron chi connectivity index (χ1n) is 5.86. The van der Waals surface area contributed by atoms with E-state index in [0.717, 1.165) is 6.20 Å². The summed E-state index contributed by atoms with van der Waals surface area (Å²) in [5, 5.41) is 0. The minimum Gasteiger partial charge on any atom is -0.462 e. The highest BCUT2D eigenvalue weighted by Gasteiger charge is 2.22. The second-order valence-electron chi connectivity index (χ2n) is 3.75. The summed E-state index contributed by atoms with van der Waals surface area (Å²) in [4.78, 5) is 23.1. The zero-order chi connectivity index (χ0) is 14.5. The molecule has 5 nitrogen and oxygen atoms in total. The van der Waals surface area contributed by atoms with Crippen LogP contribution in [0.15, 0.2) is 30.7 Å². The fraction of sp³-hybridized carbons (Fsp3) is 0.231. The van der Waals surface area contributed by atoms with E-state index in [1.807, 2.05) is 0 Å². The van der Waals surface area contributed by atoms with Crippen LogP contribution in [0.1, 0.15) is 29.4 Å². The van der Waals surface area contributed by atoms with Crippen LogP contribution in [-0.2, 0) is 4.74 Å². The van der Waals surface area contributed by atoms with Crippen molar-refractivity contribution in [3.63, 3.8) is 0 Å². The zero-order valence-corrected chi connectivity index (χ0v) is 10.6. The molecule has 0 saturated heterocycles. The van der Waals surface area contributed by atoms with Crippen molar-refractivity contribution in [1.29, 1.82) is 0 Å². The lowest BCUT2D eigenvalue weighted by molar-refractivity contribution is 0.0513. The van der Waals surface area contributed by atoms with Crippen LogP contribution >= 0.6 is 0 Å². The van der Waals surface area contributed by atoms with E-state index >= 15 is 0 Å². The SMILES string of the molecule is CCOC(=O)c1cnc(-c2ccncc2)nc1C(F)F. The maximum atomic E-state index is 13.0. The second kappa shape index (κ2) is 6.14. The van der Waals surface area contributed by atoms with Gasteiger partial charge in [0.1, 0.15) is 11.3 Å². The molecule has 0 unspecified atom stereocenters. The van der Waals surface area contributed by atoms with Gasteiger partial charge in [-0.1, -0.05) is 0 Å². The van der Waals surface area contributed by atoms with Crippen molar-refractivity contribution in [3.8, 4) is 11.4 Å². The van der Waals surface area contributed by atoms with E-state index in [0.29, 0.717) is 5.56 Å². The predicted octanol–water partition coefficient (Wildman–Crippen LogP) is 2.65. The van der Waals surface area contributed by atoms with Crippen molar-refractivity contribution in [2.24, 2.45) is 0 Å². The molecule has 2 heterocycles. The van der Waals surface area contributed by atoms with E-state index in [9.17, 15) is 13.6 Å². The third-order valence-corrected chi connectivity index (χ3v) is 2.46. The number of esters is 1. The third-order valence-electron chi connectivity index (χ3n) is 2.46. The first kappa shape index (κ1) is 14.0. The molecule has 7 heteroatoms. The molecule has 2 aromatic rings. The van der Waals surface area contributed by atoms with Gasteiger partial charge < -0.3 is 4.74 Å². The molecule has 0 saturated carbocycles. The molecule has 0 aliphatic heterocycles. The first-order valence-corrected chi connectivity index (χ1v) is 5.86. The van der Waals surface area contributed by atoms with Gasteiger partial charge in [0.25, 0.3) is 6.43 Å². The Morgan fingerprint density at radius 3 is 2.65 bits per heavy atom. The van der Waals surface area contributed by atoms with Crippen molar-refractivity contribution in [2.75, 3.05) is 6.61 Å². The quantitative estimate of drug-likeness (QED) is 0.805. The third kappa shape index (κ3) is 2.93.